The van der Waals surface area contributed by atoms with Crippen LogP contribution >= 0.6 is 23.1 Å². The van der Waals surface area contributed by atoms with Crippen LogP contribution in [0.25, 0.3) is 10.1 Å². The van der Waals surface area contributed by atoms with E-state index >= 15 is 0 Å². The molecule has 1 aromatic heterocycles. The summed E-state index contributed by atoms with van der Waals surface area (Å²) < 4.78 is 6.51. The fraction of sp³-hybridized carbons (Fsp3) is 0.200. The van der Waals surface area contributed by atoms with Gasteiger partial charge in [0.2, 0.25) is 0 Å². The van der Waals surface area contributed by atoms with E-state index in [2.05, 4.69) is 6.07 Å². The Morgan fingerprint density at radius 2 is 2.21 bits per heavy atom. The van der Waals surface area contributed by atoms with Gasteiger partial charge in [-0.05, 0) is 18.4 Å². The van der Waals surface area contributed by atoms with Crippen molar-refractivity contribution in [1.82, 2.24) is 0 Å². The first-order chi connectivity index (χ1) is 6.77. The Labute approximate surface area is 91.1 Å². The van der Waals surface area contributed by atoms with Gasteiger partial charge in [0.15, 0.2) is 0 Å². The van der Waals surface area contributed by atoms with Crippen LogP contribution < -0.4 is 10.5 Å². The minimum absolute atomic E-state index is 0.841. The van der Waals surface area contributed by atoms with Crippen molar-refractivity contribution in [3.63, 3.8) is 0 Å². The van der Waals surface area contributed by atoms with Crippen molar-refractivity contribution in [2.75, 3.05) is 19.1 Å². The van der Waals surface area contributed by atoms with Crippen molar-refractivity contribution in [3.8, 4) is 5.75 Å². The molecule has 1 aromatic carbocycles. The molecule has 14 heavy (non-hydrogen) atoms. The molecular weight excluding hydrogens is 214 g/mol. The zero-order valence-electron chi connectivity index (χ0n) is 8.03. The predicted octanol–water partition coefficient (Wildman–Crippen LogP) is 3.21. The molecule has 1 heterocycles. The van der Waals surface area contributed by atoms with Gasteiger partial charge < -0.3 is 10.5 Å². The highest BCUT2D eigenvalue weighted by Gasteiger charge is 2.10. The Balaban J connectivity index is 2.81. The number of thiophene rings is 1. The summed E-state index contributed by atoms with van der Waals surface area (Å²) in [4.78, 5) is 1.13. The molecule has 0 saturated carbocycles. The summed E-state index contributed by atoms with van der Waals surface area (Å²) in [5.41, 5.74) is 6.76. The highest BCUT2D eigenvalue weighted by atomic mass is 32.2. The van der Waals surface area contributed by atoms with Gasteiger partial charge in [-0.25, -0.2) is 0 Å². The number of nitrogen functional groups attached to an aromatic ring is 1. The molecule has 2 aromatic rings. The van der Waals surface area contributed by atoms with Crippen molar-refractivity contribution in [3.05, 3.63) is 17.5 Å². The van der Waals surface area contributed by atoms with Crippen molar-refractivity contribution in [1.29, 1.82) is 0 Å². The lowest BCUT2D eigenvalue weighted by molar-refractivity contribution is 0.406. The Hall–Kier alpha value is -0.870. The summed E-state index contributed by atoms with van der Waals surface area (Å²) >= 11 is 3.34. The molecule has 2 rings (SSSR count). The monoisotopic (exact) mass is 225 g/mol. The lowest BCUT2D eigenvalue weighted by Crippen LogP contribution is -1.88. The van der Waals surface area contributed by atoms with Crippen LogP contribution in [0, 0.1) is 0 Å². The first-order valence-corrected chi connectivity index (χ1v) is 6.26. The minimum atomic E-state index is 0.841. The summed E-state index contributed by atoms with van der Waals surface area (Å²) in [7, 11) is 1.68. The summed E-state index contributed by atoms with van der Waals surface area (Å²) in [5.74, 6) is 0.898. The van der Waals surface area contributed by atoms with Gasteiger partial charge in [0.1, 0.15) is 5.75 Å². The largest absolute Gasteiger partial charge is 0.496 e. The van der Waals surface area contributed by atoms with E-state index in [0.29, 0.717) is 0 Å². The Morgan fingerprint density at radius 3 is 2.86 bits per heavy atom. The smallest absolute Gasteiger partial charge is 0.133 e. The van der Waals surface area contributed by atoms with Gasteiger partial charge >= 0.3 is 0 Å². The molecule has 0 aliphatic rings. The van der Waals surface area contributed by atoms with E-state index in [1.807, 2.05) is 17.7 Å². The number of anilines is 1. The first-order valence-electron chi connectivity index (χ1n) is 4.15. The average Bonchev–Trinajstić information content (AvgIpc) is 2.59. The third kappa shape index (κ3) is 1.35. The number of fused-ring (bicyclic) bond motifs is 1. The maximum Gasteiger partial charge on any atom is 0.133 e. The molecule has 0 saturated heterocycles. The van der Waals surface area contributed by atoms with Crippen LogP contribution in [0.5, 0.6) is 5.75 Å². The zero-order chi connectivity index (χ0) is 10.1. The number of methoxy groups -OCH3 is 1. The van der Waals surface area contributed by atoms with E-state index in [1.54, 1.807) is 30.2 Å². The lowest BCUT2D eigenvalue weighted by atomic mass is 10.2. The van der Waals surface area contributed by atoms with Gasteiger partial charge in [0.25, 0.3) is 0 Å². The number of benzene rings is 1. The number of hydrogen-bond acceptors (Lipinski definition) is 4. The number of ether oxygens (including phenoxy) is 1. The van der Waals surface area contributed by atoms with E-state index in [4.69, 9.17) is 10.5 Å². The molecular formula is C10H11NOS2. The predicted molar refractivity (Wildman–Crippen MR) is 64.6 cm³/mol. The van der Waals surface area contributed by atoms with E-state index < -0.39 is 0 Å². The van der Waals surface area contributed by atoms with E-state index in [0.717, 1.165) is 21.7 Å². The molecule has 0 spiro atoms. The summed E-state index contributed by atoms with van der Waals surface area (Å²) in [6.45, 7) is 0. The van der Waals surface area contributed by atoms with Crippen molar-refractivity contribution in [2.24, 2.45) is 0 Å². The second-order valence-corrected chi connectivity index (χ2v) is 4.59. The molecule has 4 heteroatoms. The third-order valence-corrected chi connectivity index (χ3v) is 3.89. The van der Waals surface area contributed by atoms with E-state index in [1.165, 1.54) is 4.70 Å². The van der Waals surface area contributed by atoms with Crippen LogP contribution in [-0.2, 0) is 0 Å². The molecule has 0 radical (unpaired) electrons. The average molecular weight is 225 g/mol. The van der Waals surface area contributed by atoms with Crippen LogP contribution in [0.15, 0.2) is 22.4 Å². The molecule has 0 bridgehead atoms. The zero-order valence-corrected chi connectivity index (χ0v) is 9.67. The highest BCUT2D eigenvalue weighted by Crippen LogP contribution is 2.40. The second-order valence-electron chi connectivity index (χ2n) is 2.87. The Morgan fingerprint density at radius 1 is 1.43 bits per heavy atom. The van der Waals surface area contributed by atoms with Gasteiger partial charge in [-0.3, -0.25) is 0 Å². The molecule has 2 N–H and O–H groups in total. The van der Waals surface area contributed by atoms with Crippen molar-refractivity contribution in [2.45, 2.75) is 4.90 Å². The second kappa shape index (κ2) is 3.71. The molecule has 2 nitrogen and oxygen atoms in total. The number of hydrogen-bond donors (Lipinski definition) is 1. The van der Waals surface area contributed by atoms with E-state index in [9.17, 15) is 0 Å². The van der Waals surface area contributed by atoms with Crippen molar-refractivity contribution < 1.29 is 4.74 Å². The minimum Gasteiger partial charge on any atom is -0.496 e. The highest BCUT2D eigenvalue weighted by molar-refractivity contribution is 7.99. The Kier molecular flexibility index (Phi) is 2.56. The molecule has 74 valence electrons. The van der Waals surface area contributed by atoms with Crippen LogP contribution in [0.4, 0.5) is 5.69 Å². The first kappa shape index (κ1) is 9.68. The van der Waals surface area contributed by atoms with Crippen LogP contribution in [0.1, 0.15) is 0 Å². The van der Waals surface area contributed by atoms with Gasteiger partial charge in [-0.15, -0.1) is 23.1 Å². The lowest BCUT2D eigenvalue weighted by Gasteiger charge is -2.07. The summed E-state index contributed by atoms with van der Waals surface area (Å²) in [6.07, 6.45) is 2.04. The van der Waals surface area contributed by atoms with Gasteiger partial charge in [-0.1, -0.05) is 0 Å². The molecule has 0 atom stereocenters. The normalized spacial score (nSPS) is 10.7. The van der Waals surface area contributed by atoms with E-state index in [-0.39, 0.29) is 0 Å². The fourth-order valence-corrected chi connectivity index (χ4v) is 3.17. The van der Waals surface area contributed by atoms with Gasteiger partial charge in [0, 0.05) is 15.5 Å². The number of thioether (sulfide) groups is 1. The topological polar surface area (TPSA) is 35.2 Å². The summed E-state index contributed by atoms with van der Waals surface area (Å²) in [5, 5.41) is 3.10. The number of rotatable bonds is 2. The van der Waals surface area contributed by atoms with Gasteiger partial charge in [-0.2, -0.15) is 0 Å². The maximum absolute atomic E-state index is 5.92. The standard InChI is InChI=1S/C10H11NOS2/c1-12-7-3-4-8-9(10(7)13-2)6(11)5-14-8/h3-5H,11H2,1-2H3. The molecule has 0 amide bonds. The summed E-state index contributed by atoms with van der Waals surface area (Å²) in [6, 6.07) is 4.04. The molecule has 0 unspecified atom stereocenters. The van der Waals surface area contributed by atoms with Gasteiger partial charge in [0.05, 0.1) is 17.7 Å². The van der Waals surface area contributed by atoms with Crippen LogP contribution in [0.2, 0.25) is 0 Å². The quantitative estimate of drug-likeness (QED) is 0.797. The maximum atomic E-state index is 5.92. The SMILES string of the molecule is COc1ccc2scc(N)c2c1SC. The molecule has 0 aliphatic carbocycles. The van der Waals surface area contributed by atoms with Crippen LogP contribution in [0.3, 0.4) is 0 Å². The fourth-order valence-electron chi connectivity index (χ4n) is 1.47. The number of nitrogens with two attached hydrogens (primary N) is 1. The molecule has 0 aliphatic heterocycles. The van der Waals surface area contributed by atoms with Crippen molar-refractivity contribution >= 4 is 38.9 Å². The Bertz CT molecular complexity index is 464. The molecule has 0 fully saturated rings. The third-order valence-electron chi connectivity index (χ3n) is 2.11. The van der Waals surface area contributed by atoms with Crippen LogP contribution in [-0.4, -0.2) is 13.4 Å².